The first kappa shape index (κ1) is 84.7. The highest BCUT2D eigenvalue weighted by Crippen LogP contribution is 2.47. The summed E-state index contributed by atoms with van der Waals surface area (Å²) in [5, 5.41) is 19.6. The van der Waals surface area contributed by atoms with Gasteiger partial charge >= 0.3 is 57.0 Å². The Morgan fingerprint density at radius 1 is 0.752 bits per heavy atom. The summed E-state index contributed by atoms with van der Waals surface area (Å²) < 4.78 is 200. The molecule has 3 aliphatic heterocycles. The number of rotatable bonds is 29. The molecule has 3 aromatic carbocycles. The summed E-state index contributed by atoms with van der Waals surface area (Å²) in [6.07, 6.45) is -17.0. The van der Waals surface area contributed by atoms with Crippen molar-refractivity contribution < 1.29 is 130 Å². The van der Waals surface area contributed by atoms with E-state index in [0.717, 1.165) is 45.2 Å². The quantitative estimate of drug-likeness (QED) is 0.00447. The molecule has 40 heteroatoms. The Morgan fingerprint density at radius 3 is 1.82 bits per heavy atom. The fraction of sp³-hybridized carbons (Fsp3) is 0.507. The number of benzene rings is 3. The van der Waals surface area contributed by atoms with E-state index < -0.39 is 182 Å². The fourth-order valence-corrected chi connectivity index (χ4v) is 13.1. The molecule has 594 valence electrons. The van der Waals surface area contributed by atoms with Crippen molar-refractivity contribution in [3.05, 3.63) is 124 Å². The number of aliphatic carboxylic acids is 1. The van der Waals surface area contributed by atoms with Gasteiger partial charge in [0.15, 0.2) is 0 Å². The first-order chi connectivity index (χ1) is 50.8. The summed E-state index contributed by atoms with van der Waals surface area (Å²) in [7, 11) is -3.93. The molecule has 5 heterocycles. The van der Waals surface area contributed by atoms with Crippen LogP contribution in [0.1, 0.15) is 113 Å². The van der Waals surface area contributed by atoms with Gasteiger partial charge in [-0.15, -0.1) is 0 Å². The van der Waals surface area contributed by atoms with E-state index in [-0.39, 0.29) is 32.5 Å². The molecule has 0 spiro atoms. The molecule has 2 bridgehead atoms. The standard InChI is InChI=1S/C69H80F10N11O18P/c1-36-21-42(26-53(91)92)55(51(22-36)108-109(99,100)101)65(3,4)27-54(93)105-37(2)106-64(98)107-52(33-88(86-59(95)57(84-63(97)103-10)67(7,8)69(77,78)79)32-46-47(70)24-41(25-48(46)71)49-19-20-89(85-49)60(72)73)50(82-58(94)56(83-62(96)102-9)66(5,6)68(74,75)76)23-39-14-11-38(12-15-39)13-16-40-28-80-61(81-29-40)87-30-43-17-18-44(31-87)90(43)45-34-104-35-45/h11-12,14-15,19-22,24-25,28-29,37,43-45,50,52,56-57,60H,17-18,23,26-27,30-35H2,1-10H3,(H,82,94)(H,83,96)(H,84,97)(H,86,95)(H,91,92)(H2,99,100,101)/t37-,43?,44?,50-,52-,56+,57+/m0/s1. The number of halogens is 10. The first-order valence-corrected chi connectivity index (χ1v) is 35.0. The van der Waals surface area contributed by atoms with Gasteiger partial charge in [0, 0.05) is 84.9 Å². The van der Waals surface area contributed by atoms with Gasteiger partial charge in [0.1, 0.15) is 35.6 Å². The molecule has 8 rings (SSSR count). The fourth-order valence-electron chi connectivity index (χ4n) is 12.7. The molecule has 2 aromatic heterocycles. The third kappa shape index (κ3) is 21.6. The summed E-state index contributed by atoms with van der Waals surface area (Å²) in [4.78, 5) is 129. The van der Waals surface area contributed by atoms with Crippen molar-refractivity contribution in [1.29, 1.82) is 0 Å². The molecule has 7 atom stereocenters. The van der Waals surface area contributed by atoms with Crippen LogP contribution in [0, 0.1) is 41.2 Å². The molecule has 0 saturated carbocycles. The van der Waals surface area contributed by atoms with Crippen molar-refractivity contribution in [2.24, 2.45) is 10.8 Å². The molecule has 4 amide bonds. The number of nitrogens with one attached hydrogen (secondary N) is 4. The van der Waals surface area contributed by atoms with Crippen LogP contribution in [-0.4, -0.2) is 195 Å². The van der Waals surface area contributed by atoms with Crippen LogP contribution in [0.5, 0.6) is 5.75 Å². The van der Waals surface area contributed by atoms with Gasteiger partial charge in [0.2, 0.25) is 18.1 Å². The van der Waals surface area contributed by atoms with E-state index in [4.69, 9.17) is 23.5 Å². The van der Waals surface area contributed by atoms with E-state index in [1.54, 1.807) is 5.32 Å². The third-order valence-electron chi connectivity index (χ3n) is 18.6. The Hall–Kier alpha value is -9.87. The molecular weight excluding hydrogens is 1490 g/mol. The molecule has 29 nitrogen and oxygen atoms in total. The molecule has 5 aromatic rings. The van der Waals surface area contributed by atoms with Gasteiger partial charge < -0.3 is 58.9 Å². The van der Waals surface area contributed by atoms with Gasteiger partial charge in [0.05, 0.1) is 81.0 Å². The van der Waals surface area contributed by atoms with Crippen molar-refractivity contribution in [2.75, 3.05) is 52.0 Å². The lowest BCUT2D eigenvalue weighted by molar-refractivity contribution is -0.221. The minimum atomic E-state index is -5.40. The number of aromatic nitrogens is 4. The van der Waals surface area contributed by atoms with E-state index in [1.165, 1.54) is 63.5 Å². The third-order valence-corrected chi connectivity index (χ3v) is 19.0. The van der Waals surface area contributed by atoms with Crippen LogP contribution in [0.4, 0.5) is 64.2 Å². The van der Waals surface area contributed by atoms with Crippen molar-refractivity contribution in [1.82, 2.24) is 51.0 Å². The molecular formula is C69H80F10N11O18P. The smallest absolute Gasteiger partial charge is 0.481 e. The lowest BCUT2D eigenvalue weighted by atomic mass is 9.77. The monoisotopic (exact) mass is 1570 g/mol. The number of nitrogens with zero attached hydrogens (tertiary/aromatic N) is 7. The molecule has 0 aliphatic carbocycles. The van der Waals surface area contributed by atoms with Crippen molar-refractivity contribution in [3.63, 3.8) is 0 Å². The number of alkyl carbamates (subject to hydrolysis) is 2. The Balaban J connectivity index is 1.21. The molecule has 109 heavy (non-hydrogen) atoms. The maximum absolute atomic E-state index is 16.7. The summed E-state index contributed by atoms with van der Waals surface area (Å²) in [6.45, 7) is 3.64. The second-order valence-corrected chi connectivity index (χ2v) is 29.0. The lowest BCUT2D eigenvalue weighted by Gasteiger charge is -2.47. The minimum absolute atomic E-state index is 0.0585. The number of methoxy groups -OCH3 is 2. The Labute approximate surface area is 617 Å². The first-order valence-electron chi connectivity index (χ1n) is 33.5. The number of phosphoric ester groups is 1. The Kier molecular flexibility index (Phi) is 26.7. The topological polar surface area (TPSA) is 363 Å². The van der Waals surface area contributed by atoms with E-state index >= 15 is 35.1 Å². The predicted molar refractivity (Wildman–Crippen MR) is 361 cm³/mol. The highest BCUT2D eigenvalue weighted by molar-refractivity contribution is 7.46. The largest absolute Gasteiger partial charge is 0.524 e. The zero-order valence-corrected chi connectivity index (χ0v) is 61.1. The maximum atomic E-state index is 16.7. The van der Waals surface area contributed by atoms with E-state index in [0.29, 0.717) is 108 Å². The average molecular weight is 1570 g/mol. The number of fused-ring (bicyclic) bond motifs is 2. The number of anilines is 1. The normalized spacial score (nSPS) is 17.2. The van der Waals surface area contributed by atoms with Crippen LogP contribution in [0.2, 0.25) is 0 Å². The highest BCUT2D eigenvalue weighted by Gasteiger charge is 2.58. The van der Waals surface area contributed by atoms with Crippen molar-refractivity contribution in [2.45, 2.75) is 167 Å². The number of hydrazine groups is 1. The number of carboxylic acids is 1. The minimum Gasteiger partial charge on any atom is -0.481 e. The van der Waals surface area contributed by atoms with Gasteiger partial charge in [-0.05, 0) is 107 Å². The summed E-state index contributed by atoms with van der Waals surface area (Å²) >= 11 is 0. The molecule has 3 aliphatic rings. The molecule has 3 saturated heterocycles. The summed E-state index contributed by atoms with van der Waals surface area (Å²) in [6, 6.07) is 3.50. The van der Waals surface area contributed by atoms with Crippen LogP contribution in [0.15, 0.2) is 73.2 Å². The second kappa shape index (κ2) is 34.4. The number of ether oxygens (including phenoxy) is 6. The highest BCUT2D eigenvalue weighted by atomic mass is 31.2. The summed E-state index contributed by atoms with van der Waals surface area (Å²) in [5.74, 6) is -3.64. The zero-order valence-electron chi connectivity index (χ0n) is 60.2. The van der Waals surface area contributed by atoms with E-state index in [2.05, 4.69) is 51.5 Å². The van der Waals surface area contributed by atoms with Crippen molar-refractivity contribution >= 4 is 55.9 Å². The number of piperazine rings is 1. The molecule has 7 N–H and O–H groups in total. The van der Waals surface area contributed by atoms with Crippen LogP contribution in [0.3, 0.4) is 0 Å². The number of esters is 1. The lowest BCUT2D eigenvalue weighted by Crippen LogP contribution is -2.64. The predicted octanol–water partition coefficient (Wildman–Crippen LogP) is 8.84. The second-order valence-electron chi connectivity index (χ2n) is 27.9. The molecule has 0 radical (unpaired) electrons. The number of amides is 4. The molecule has 2 unspecified atom stereocenters. The number of alkyl halides is 8. The van der Waals surface area contributed by atoms with E-state index in [1.807, 2.05) is 10.7 Å². The molecule has 3 fully saturated rings. The Bertz CT molecular complexity index is 4230. The van der Waals surface area contributed by atoms with E-state index in [9.17, 15) is 61.8 Å². The zero-order chi connectivity index (χ0) is 80.6. The maximum Gasteiger partial charge on any atom is 0.524 e. The van der Waals surface area contributed by atoms with Crippen LogP contribution >= 0.6 is 7.82 Å². The number of carboxylic acid groups (broad SMARTS) is 1. The van der Waals surface area contributed by atoms with Gasteiger partial charge in [-0.3, -0.25) is 39.3 Å². The van der Waals surface area contributed by atoms with Crippen LogP contribution < -0.4 is 30.8 Å². The van der Waals surface area contributed by atoms with Crippen molar-refractivity contribution in [3.8, 4) is 28.8 Å². The van der Waals surface area contributed by atoms with Gasteiger partial charge in [-0.1, -0.05) is 43.9 Å². The number of aryl methyl sites for hydroxylation is 1. The van der Waals surface area contributed by atoms with Gasteiger partial charge in [-0.25, -0.2) is 47.4 Å². The number of carbonyl (C=O) groups is 7. The van der Waals surface area contributed by atoms with Gasteiger partial charge in [0.25, 0.3) is 5.91 Å². The average Bonchev–Trinajstić information content (AvgIpc) is 1.75. The summed E-state index contributed by atoms with van der Waals surface area (Å²) in [5.41, 5.74) is -7.52. The van der Waals surface area contributed by atoms with Gasteiger partial charge in [-0.2, -0.15) is 40.2 Å². The number of hydrogen-bond acceptors (Lipinski definition) is 21. The Morgan fingerprint density at radius 2 is 1.31 bits per heavy atom. The van der Waals surface area contributed by atoms with Crippen LogP contribution in [0.25, 0.3) is 11.3 Å². The van der Waals surface area contributed by atoms with Crippen LogP contribution in [-0.2, 0) is 77.0 Å². The number of carbonyl (C=O) groups excluding carboxylic acids is 6. The number of hydrogen-bond donors (Lipinski definition) is 7. The number of phosphoric acid groups is 1. The SMILES string of the molecule is COC(=O)N[C@H](C(=O)N[C@@H](Cc1ccc(C#Cc2cnc(N3CC4CCC(C3)N4C3COC3)nc2)cc1)[C@H](CN(Cc1c(F)cc(-c2ccn(C(F)F)n2)cc1F)NC(=O)[C@@H](NC(=O)OC)C(C)(C)C(F)(F)F)OC(=O)O[C@@H](C)OC(=O)CC(C)(C)c1c(CC(=O)O)cc(C)cc1OP(=O)(O)O)C(C)(C)C(F)(F)F.